The molecule has 1 unspecified atom stereocenters. The molecule has 2 aromatic carbocycles. The van der Waals surface area contributed by atoms with Crippen molar-refractivity contribution in [3.05, 3.63) is 88.4 Å². The molecule has 4 aromatic rings. The van der Waals surface area contributed by atoms with Crippen LogP contribution >= 0.6 is 0 Å². The van der Waals surface area contributed by atoms with Gasteiger partial charge in [-0.1, -0.05) is 36.4 Å². The highest BCUT2D eigenvalue weighted by atomic mass is 19.1. The SMILES string of the molecule is Cc1cccn2c(NC(=O)C3CC(=O)N(c4ccc(F)c([N+](=O)[O-])c4)C3)c(-c3ccccc3)nc12. The fourth-order valence-corrected chi connectivity index (χ4v) is 4.28. The second kappa shape index (κ2) is 8.64. The molecule has 3 heterocycles. The number of fused-ring (bicyclic) bond motifs is 1. The fraction of sp³-hybridized carbons (Fsp3) is 0.160. The minimum absolute atomic E-state index is 0.0177. The standard InChI is InChI=1S/C25H20FN5O4/c1-15-6-5-11-29-23(15)27-22(16-7-3-2-4-8-16)24(29)28-25(33)17-12-21(32)30(14-17)18-9-10-19(26)20(13-18)31(34)35/h2-11,13,17H,12,14H2,1H3,(H,28,33). The number of aryl methyl sites for hydroxylation is 1. The van der Waals surface area contributed by atoms with Crippen molar-refractivity contribution < 1.29 is 18.9 Å². The summed E-state index contributed by atoms with van der Waals surface area (Å²) in [6.45, 7) is 1.95. The molecule has 5 rings (SSSR count). The number of nitro benzene ring substituents is 1. The Bertz CT molecular complexity index is 1480. The van der Waals surface area contributed by atoms with Crippen molar-refractivity contribution in [2.75, 3.05) is 16.8 Å². The Morgan fingerprint density at radius 2 is 1.94 bits per heavy atom. The number of carbonyl (C=O) groups is 2. The molecule has 9 nitrogen and oxygen atoms in total. The first-order valence-corrected chi connectivity index (χ1v) is 10.9. The van der Waals surface area contributed by atoms with Crippen molar-refractivity contribution in [1.29, 1.82) is 0 Å². The van der Waals surface area contributed by atoms with E-state index >= 15 is 0 Å². The number of amides is 2. The Balaban J connectivity index is 1.45. The summed E-state index contributed by atoms with van der Waals surface area (Å²) >= 11 is 0. The number of halogens is 1. The predicted octanol–water partition coefficient (Wildman–Crippen LogP) is 4.35. The molecule has 1 aliphatic rings. The maximum atomic E-state index is 13.7. The van der Waals surface area contributed by atoms with Crippen molar-refractivity contribution in [2.24, 2.45) is 5.92 Å². The second-order valence-electron chi connectivity index (χ2n) is 8.35. The maximum Gasteiger partial charge on any atom is 0.306 e. The first-order chi connectivity index (χ1) is 16.8. The first kappa shape index (κ1) is 22.2. The molecule has 0 spiro atoms. The average molecular weight is 473 g/mol. The molecule has 2 aromatic heterocycles. The van der Waals surface area contributed by atoms with E-state index in [1.165, 1.54) is 11.0 Å². The van der Waals surface area contributed by atoms with Crippen molar-refractivity contribution in [2.45, 2.75) is 13.3 Å². The van der Waals surface area contributed by atoms with Crippen LogP contribution in [0.3, 0.4) is 0 Å². The minimum atomic E-state index is -0.990. The van der Waals surface area contributed by atoms with E-state index in [0.717, 1.165) is 23.3 Å². The van der Waals surface area contributed by atoms with E-state index in [1.54, 1.807) is 10.6 Å². The number of benzene rings is 2. The molecule has 2 amide bonds. The first-order valence-electron chi connectivity index (χ1n) is 10.9. The Kier molecular flexibility index (Phi) is 5.48. The number of imidazole rings is 1. The van der Waals surface area contributed by atoms with Gasteiger partial charge in [0.1, 0.15) is 17.2 Å². The van der Waals surface area contributed by atoms with Crippen LogP contribution in [0.5, 0.6) is 0 Å². The van der Waals surface area contributed by atoms with Crippen LogP contribution in [0, 0.1) is 28.8 Å². The summed E-state index contributed by atoms with van der Waals surface area (Å²) in [7, 11) is 0. The highest BCUT2D eigenvalue weighted by Crippen LogP contribution is 2.33. The number of nitro groups is 1. The fourth-order valence-electron chi connectivity index (χ4n) is 4.28. The quantitative estimate of drug-likeness (QED) is 0.342. The second-order valence-corrected chi connectivity index (χ2v) is 8.35. The lowest BCUT2D eigenvalue weighted by Gasteiger charge is -2.17. The van der Waals surface area contributed by atoms with Crippen molar-refractivity contribution in [3.63, 3.8) is 0 Å². The van der Waals surface area contributed by atoms with E-state index in [1.807, 2.05) is 49.4 Å². The monoisotopic (exact) mass is 473 g/mol. The molecule has 1 aliphatic heterocycles. The molecule has 35 heavy (non-hydrogen) atoms. The van der Waals surface area contributed by atoms with Crippen LogP contribution in [-0.2, 0) is 9.59 Å². The highest BCUT2D eigenvalue weighted by Gasteiger charge is 2.36. The van der Waals surface area contributed by atoms with Gasteiger partial charge in [0.15, 0.2) is 0 Å². The van der Waals surface area contributed by atoms with Crippen LogP contribution in [-0.4, -0.2) is 32.7 Å². The van der Waals surface area contributed by atoms with Crippen LogP contribution < -0.4 is 10.2 Å². The number of pyridine rings is 1. The molecule has 1 atom stereocenters. The molecule has 0 saturated carbocycles. The van der Waals surface area contributed by atoms with E-state index < -0.39 is 22.3 Å². The zero-order valence-corrected chi connectivity index (χ0v) is 18.6. The van der Waals surface area contributed by atoms with Gasteiger partial charge < -0.3 is 10.2 Å². The molecule has 1 fully saturated rings. The molecular formula is C25H20FN5O4. The van der Waals surface area contributed by atoms with Gasteiger partial charge >= 0.3 is 5.69 Å². The average Bonchev–Trinajstić information content (AvgIpc) is 3.42. The molecule has 1 saturated heterocycles. The van der Waals surface area contributed by atoms with Gasteiger partial charge in [-0.15, -0.1) is 0 Å². The number of anilines is 2. The van der Waals surface area contributed by atoms with Crippen LogP contribution in [0.4, 0.5) is 21.6 Å². The van der Waals surface area contributed by atoms with Crippen LogP contribution in [0.25, 0.3) is 16.9 Å². The van der Waals surface area contributed by atoms with Crippen molar-refractivity contribution in [3.8, 4) is 11.3 Å². The van der Waals surface area contributed by atoms with Gasteiger partial charge in [-0.2, -0.15) is 4.39 Å². The number of hydrogen-bond donors (Lipinski definition) is 1. The number of aromatic nitrogens is 2. The summed E-state index contributed by atoms with van der Waals surface area (Å²) < 4.78 is 15.5. The third-order valence-corrected chi connectivity index (χ3v) is 6.07. The lowest BCUT2D eigenvalue weighted by molar-refractivity contribution is -0.387. The Labute approximate surface area is 199 Å². The molecule has 176 valence electrons. The lowest BCUT2D eigenvalue weighted by Crippen LogP contribution is -2.28. The van der Waals surface area contributed by atoms with Gasteiger partial charge in [0.25, 0.3) is 0 Å². The van der Waals surface area contributed by atoms with Crippen LogP contribution in [0.2, 0.25) is 0 Å². The summed E-state index contributed by atoms with van der Waals surface area (Å²) in [6, 6.07) is 16.5. The number of nitrogens with one attached hydrogen (secondary N) is 1. The maximum absolute atomic E-state index is 13.7. The van der Waals surface area contributed by atoms with Gasteiger partial charge in [0, 0.05) is 30.8 Å². The van der Waals surface area contributed by atoms with E-state index in [0.29, 0.717) is 17.2 Å². The largest absolute Gasteiger partial charge is 0.311 e. The zero-order chi connectivity index (χ0) is 24.7. The Morgan fingerprint density at radius 3 is 2.69 bits per heavy atom. The summed E-state index contributed by atoms with van der Waals surface area (Å²) in [4.78, 5) is 42.2. The predicted molar refractivity (Wildman–Crippen MR) is 128 cm³/mol. The number of hydrogen-bond acceptors (Lipinski definition) is 5. The van der Waals surface area contributed by atoms with Crippen LogP contribution in [0.15, 0.2) is 66.9 Å². The Morgan fingerprint density at radius 1 is 1.17 bits per heavy atom. The third kappa shape index (κ3) is 3.99. The summed E-state index contributed by atoms with van der Waals surface area (Å²) in [5, 5.41) is 14.0. The summed E-state index contributed by atoms with van der Waals surface area (Å²) in [6.07, 6.45) is 1.73. The van der Waals surface area contributed by atoms with E-state index in [4.69, 9.17) is 4.98 Å². The number of nitrogens with zero attached hydrogens (tertiary/aromatic N) is 4. The smallest absolute Gasteiger partial charge is 0.306 e. The van der Waals surface area contributed by atoms with Crippen molar-refractivity contribution in [1.82, 2.24) is 9.38 Å². The van der Waals surface area contributed by atoms with Gasteiger partial charge in [-0.3, -0.25) is 24.1 Å². The van der Waals surface area contributed by atoms with Gasteiger partial charge in [0.05, 0.1) is 16.5 Å². The van der Waals surface area contributed by atoms with E-state index in [9.17, 15) is 24.1 Å². The molecule has 0 bridgehead atoms. The highest BCUT2D eigenvalue weighted by molar-refractivity contribution is 6.04. The minimum Gasteiger partial charge on any atom is -0.311 e. The lowest BCUT2D eigenvalue weighted by atomic mass is 10.1. The summed E-state index contributed by atoms with van der Waals surface area (Å²) in [5.41, 5.74) is 2.51. The Hall–Kier alpha value is -4.60. The third-order valence-electron chi connectivity index (χ3n) is 6.07. The van der Waals surface area contributed by atoms with Gasteiger partial charge in [-0.25, -0.2) is 4.98 Å². The number of carbonyl (C=O) groups excluding carboxylic acids is 2. The number of rotatable bonds is 5. The summed E-state index contributed by atoms with van der Waals surface area (Å²) in [5.74, 6) is -1.95. The molecule has 10 heteroatoms. The van der Waals surface area contributed by atoms with E-state index in [2.05, 4.69) is 5.32 Å². The normalized spacial score (nSPS) is 15.5. The topological polar surface area (TPSA) is 110 Å². The molecular weight excluding hydrogens is 453 g/mol. The molecule has 0 aliphatic carbocycles. The van der Waals surface area contributed by atoms with Crippen LogP contribution in [0.1, 0.15) is 12.0 Å². The molecule has 1 N–H and O–H groups in total. The van der Waals surface area contributed by atoms with Gasteiger partial charge in [0.2, 0.25) is 17.6 Å². The van der Waals surface area contributed by atoms with Crippen molar-refractivity contribution >= 4 is 34.7 Å². The van der Waals surface area contributed by atoms with E-state index in [-0.39, 0.29) is 30.5 Å². The van der Waals surface area contributed by atoms with Gasteiger partial charge in [-0.05, 0) is 30.7 Å². The molecule has 0 radical (unpaired) electrons. The zero-order valence-electron chi connectivity index (χ0n) is 18.6.